The molecule has 0 unspecified atom stereocenters. The molecule has 74 valence electrons. The Morgan fingerprint density at radius 3 is 1.80 bits per heavy atom. The van der Waals surface area contributed by atoms with Crippen molar-refractivity contribution in [2.24, 2.45) is 0 Å². The number of hydrogen-bond acceptors (Lipinski definition) is 4. The Hall–Kier alpha value is -0.867. The molecule has 0 bridgehead atoms. The average molecular weight is 319 g/mol. The molecule has 0 fully saturated rings. The van der Waals surface area contributed by atoms with Gasteiger partial charge in [-0.2, -0.15) is 0 Å². The van der Waals surface area contributed by atoms with Crippen LogP contribution < -0.4 is 0 Å². The van der Waals surface area contributed by atoms with E-state index in [0.717, 1.165) is 4.47 Å². The summed E-state index contributed by atoms with van der Waals surface area (Å²) >= 11 is 3.23. The molecular weight excluding hydrogens is 311 g/mol. The molecule has 0 aliphatic heterocycles. The number of aromatic nitrogens is 3. The van der Waals surface area contributed by atoms with Gasteiger partial charge in [0.2, 0.25) is 0 Å². The van der Waals surface area contributed by atoms with Crippen molar-refractivity contribution in [3.8, 4) is 5.75 Å². The van der Waals surface area contributed by atoms with Crippen LogP contribution in [-0.4, -0.2) is 20.5 Å². The normalized spacial score (nSPS) is 8.07. The first-order chi connectivity index (χ1) is 6.79. The van der Waals surface area contributed by atoms with Gasteiger partial charge < -0.3 is 5.11 Å². The molecular formula is C9H8BrN3OZn. The van der Waals surface area contributed by atoms with Crippen molar-refractivity contribution in [1.29, 1.82) is 0 Å². The van der Waals surface area contributed by atoms with E-state index in [9.17, 15) is 0 Å². The first kappa shape index (κ1) is 14.1. The van der Waals surface area contributed by atoms with Crippen LogP contribution in [0, 0.1) is 0 Å². The van der Waals surface area contributed by atoms with Crippen LogP contribution in [0.25, 0.3) is 0 Å². The van der Waals surface area contributed by atoms with Gasteiger partial charge in [-0.25, -0.2) is 0 Å². The van der Waals surface area contributed by atoms with Crippen molar-refractivity contribution in [3.63, 3.8) is 0 Å². The molecule has 0 atom stereocenters. The fourth-order valence-corrected chi connectivity index (χ4v) is 0.910. The summed E-state index contributed by atoms with van der Waals surface area (Å²) in [5.74, 6) is 0.299. The summed E-state index contributed by atoms with van der Waals surface area (Å²) in [5, 5.41) is 18.9. The number of rotatable bonds is 0. The van der Waals surface area contributed by atoms with Crippen molar-refractivity contribution < 1.29 is 24.6 Å². The Kier molecular flexibility index (Phi) is 7.95. The molecule has 0 amide bonds. The maximum atomic E-state index is 8.74. The molecule has 1 heterocycles. The van der Waals surface area contributed by atoms with Crippen LogP contribution in [0.4, 0.5) is 0 Å². The molecule has 0 saturated carbocycles. The molecule has 1 aromatic carbocycles. The molecule has 1 aromatic heterocycles. The van der Waals surface area contributed by atoms with Gasteiger partial charge in [0.1, 0.15) is 5.75 Å². The van der Waals surface area contributed by atoms with E-state index in [1.807, 2.05) is 0 Å². The third kappa shape index (κ3) is 7.11. The van der Waals surface area contributed by atoms with E-state index < -0.39 is 0 Å². The van der Waals surface area contributed by atoms with E-state index in [4.69, 9.17) is 5.11 Å². The second kappa shape index (κ2) is 8.44. The predicted molar refractivity (Wildman–Crippen MR) is 55.6 cm³/mol. The summed E-state index contributed by atoms with van der Waals surface area (Å²) < 4.78 is 0.982. The monoisotopic (exact) mass is 317 g/mol. The first-order valence-corrected chi connectivity index (χ1v) is 4.61. The number of halogens is 1. The molecule has 2 aromatic rings. The topological polar surface area (TPSA) is 58.9 Å². The number of nitrogens with zero attached hydrogens (tertiary/aromatic N) is 3. The fraction of sp³-hybridized carbons (Fsp3) is 0. The van der Waals surface area contributed by atoms with Gasteiger partial charge in [0.05, 0.1) is 12.4 Å². The SMILES string of the molecule is Oc1ccc(Br)cc1.[Zn].c1cnnnc1. The molecule has 15 heavy (non-hydrogen) atoms. The third-order valence-electron chi connectivity index (χ3n) is 1.24. The molecule has 0 saturated heterocycles. The first-order valence-electron chi connectivity index (χ1n) is 3.82. The van der Waals surface area contributed by atoms with Crippen LogP contribution in [0.5, 0.6) is 5.75 Å². The van der Waals surface area contributed by atoms with E-state index in [-0.39, 0.29) is 19.5 Å². The van der Waals surface area contributed by atoms with Crippen molar-refractivity contribution in [2.45, 2.75) is 0 Å². The molecule has 4 nitrogen and oxygen atoms in total. The van der Waals surface area contributed by atoms with E-state index in [0.29, 0.717) is 5.75 Å². The third-order valence-corrected chi connectivity index (χ3v) is 1.76. The quantitative estimate of drug-likeness (QED) is 0.755. The van der Waals surface area contributed by atoms with Gasteiger partial charge in [0.25, 0.3) is 0 Å². The fourth-order valence-electron chi connectivity index (χ4n) is 0.646. The van der Waals surface area contributed by atoms with Gasteiger partial charge >= 0.3 is 0 Å². The summed E-state index contributed by atoms with van der Waals surface area (Å²) in [6.07, 6.45) is 3.15. The number of benzene rings is 1. The second-order valence-corrected chi connectivity index (χ2v) is 3.20. The summed E-state index contributed by atoms with van der Waals surface area (Å²) in [6.45, 7) is 0. The van der Waals surface area contributed by atoms with E-state index in [2.05, 4.69) is 31.3 Å². The van der Waals surface area contributed by atoms with Gasteiger partial charge in [-0.15, -0.1) is 10.2 Å². The number of phenolic OH excluding ortho intramolecular Hbond substituents is 1. The van der Waals surface area contributed by atoms with Crippen molar-refractivity contribution in [3.05, 3.63) is 47.2 Å². The van der Waals surface area contributed by atoms with Gasteiger partial charge in [-0.1, -0.05) is 15.9 Å². The minimum atomic E-state index is 0. The average Bonchev–Trinajstić information content (AvgIpc) is 2.26. The zero-order chi connectivity index (χ0) is 10.2. The smallest absolute Gasteiger partial charge is 0.115 e. The Labute approximate surface area is 109 Å². The standard InChI is InChI=1S/C6H5BrO.C3H3N3.Zn/c7-5-1-3-6(8)4-2-5;1-2-4-6-5-3-1;/h1-4,8H;1-3H;. The predicted octanol–water partition coefficient (Wildman–Crippen LogP) is 2.02. The second-order valence-electron chi connectivity index (χ2n) is 2.29. The van der Waals surface area contributed by atoms with Gasteiger partial charge in [0.15, 0.2) is 0 Å². The van der Waals surface area contributed by atoms with Crippen LogP contribution in [0.15, 0.2) is 47.2 Å². The molecule has 2 rings (SSSR count). The van der Waals surface area contributed by atoms with Crippen molar-refractivity contribution in [2.75, 3.05) is 0 Å². The molecule has 0 aliphatic rings. The number of phenols is 1. The van der Waals surface area contributed by atoms with Gasteiger partial charge in [-0.05, 0) is 35.5 Å². The van der Waals surface area contributed by atoms with Crippen LogP contribution in [-0.2, 0) is 19.5 Å². The Balaban J connectivity index is 0.000000253. The molecule has 1 N–H and O–H groups in total. The zero-order valence-corrected chi connectivity index (χ0v) is 12.5. The minimum absolute atomic E-state index is 0. The Morgan fingerprint density at radius 1 is 1.00 bits per heavy atom. The summed E-state index contributed by atoms with van der Waals surface area (Å²) in [7, 11) is 0. The molecule has 0 spiro atoms. The maximum absolute atomic E-state index is 8.74. The van der Waals surface area contributed by atoms with E-state index in [1.54, 1.807) is 42.7 Å². The van der Waals surface area contributed by atoms with Crippen molar-refractivity contribution in [1.82, 2.24) is 15.4 Å². The van der Waals surface area contributed by atoms with Crippen LogP contribution in [0.3, 0.4) is 0 Å². The van der Waals surface area contributed by atoms with Gasteiger partial charge in [-0.3, -0.25) is 0 Å². The minimum Gasteiger partial charge on any atom is -0.508 e. The van der Waals surface area contributed by atoms with Crippen LogP contribution in [0.2, 0.25) is 0 Å². The Morgan fingerprint density at radius 2 is 1.53 bits per heavy atom. The number of hydrogen-bond donors (Lipinski definition) is 1. The van der Waals surface area contributed by atoms with Crippen LogP contribution in [0.1, 0.15) is 0 Å². The van der Waals surface area contributed by atoms with E-state index >= 15 is 0 Å². The summed E-state index contributed by atoms with van der Waals surface area (Å²) in [6, 6.07) is 8.55. The van der Waals surface area contributed by atoms with E-state index in [1.165, 1.54) is 0 Å². The van der Waals surface area contributed by atoms with Crippen molar-refractivity contribution >= 4 is 15.9 Å². The zero-order valence-electron chi connectivity index (χ0n) is 7.92. The molecule has 6 heteroatoms. The molecule has 0 radical (unpaired) electrons. The van der Waals surface area contributed by atoms with Crippen LogP contribution >= 0.6 is 15.9 Å². The summed E-state index contributed by atoms with van der Waals surface area (Å²) in [4.78, 5) is 0. The Bertz CT molecular complexity index is 310. The maximum Gasteiger partial charge on any atom is 0.115 e. The summed E-state index contributed by atoms with van der Waals surface area (Å²) in [5.41, 5.74) is 0. The largest absolute Gasteiger partial charge is 0.508 e. The van der Waals surface area contributed by atoms with Gasteiger partial charge in [0, 0.05) is 24.0 Å². The number of aromatic hydroxyl groups is 1. The molecule has 0 aliphatic carbocycles.